The molecule has 7 nitrogen and oxygen atoms in total. The summed E-state index contributed by atoms with van der Waals surface area (Å²) in [6, 6.07) is -0.407. The fraction of sp³-hybridized carbons (Fsp3) is 0.765. The van der Waals surface area contributed by atoms with E-state index in [0.717, 1.165) is 25.7 Å². The Bertz CT molecular complexity index is 449. The first-order valence-electron chi connectivity index (χ1n) is 8.90. The number of rotatable bonds is 6. The highest BCUT2D eigenvalue weighted by molar-refractivity contribution is 5.77. The van der Waals surface area contributed by atoms with Crippen molar-refractivity contribution in [3.63, 3.8) is 0 Å². The van der Waals surface area contributed by atoms with Gasteiger partial charge in [0.1, 0.15) is 6.10 Å². The number of nitrogens with one attached hydrogen (secondary N) is 3. The molecule has 1 aliphatic carbocycles. The molecule has 4 N–H and O–H groups in total. The van der Waals surface area contributed by atoms with Crippen LogP contribution in [-0.2, 0) is 9.53 Å². The lowest BCUT2D eigenvalue weighted by Gasteiger charge is -2.32. The first kappa shape index (κ1) is 18.7. The highest BCUT2D eigenvalue weighted by Gasteiger charge is 2.29. The molecule has 1 fully saturated rings. The summed E-state index contributed by atoms with van der Waals surface area (Å²) in [5.41, 5.74) is 0. The molecule has 1 aliphatic heterocycles. The van der Waals surface area contributed by atoms with Crippen LogP contribution < -0.4 is 16.0 Å². The van der Waals surface area contributed by atoms with E-state index >= 15 is 0 Å². The van der Waals surface area contributed by atoms with Gasteiger partial charge >= 0.3 is 6.03 Å². The molecule has 0 radical (unpaired) electrons. The molecule has 1 heterocycles. The standard InChI is InChI=1S/C17H29N3O4/c1-2-18-16(22)10-13-8-9-14(15(11-21)24-13)20-17(23)19-12-6-4-3-5-7-12/h8-9,12-15,21H,2-7,10-11H2,1H3,(H,18,22)(H2,19,20,23)/t13-,14-,15+/m0/s1. The van der Waals surface area contributed by atoms with Crippen molar-refractivity contribution in [3.8, 4) is 0 Å². The van der Waals surface area contributed by atoms with Crippen LogP contribution in [0.3, 0.4) is 0 Å². The van der Waals surface area contributed by atoms with Crippen molar-refractivity contribution in [1.82, 2.24) is 16.0 Å². The number of carbonyl (C=O) groups is 2. The zero-order valence-electron chi connectivity index (χ0n) is 14.3. The second-order valence-electron chi connectivity index (χ2n) is 6.42. The van der Waals surface area contributed by atoms with E-state index in [1.54, 1.807) is 12.2 Å². The minimum Gasteiger partial charge on any atom is -0.394 e. The van der Waals surface area contributed by atoms with Gasteiger partial charge in [-0.2, -0.15) is 0 Å². The molecular weight excluding hydrogens is 310 g/mol. The molecule has 0 aromatic carbocycles. The number of hydrogen-bond acceptors (Lipinski definition) is 4. The first-order chi connectivity index (χ1) is 11.6. The second-order valence-corrected chi connectivity index (χ2v) is 6.42. The topological polar surface area (TPSA) is 99.7 Å². The Morgan fingerprint density at radius 2 is 1.92 bits per heavy atom. The molecule has 2 rings (SSSR count). The highest BCUT2D eigenvalue weighted by Crippen LogP contribution is 2.18. The van der Waals surface area contributed by atoms with Gasteiger partial charge in [-0.25, -0.2) is 4.79 Å². The Kier molecular flexibility index (Phi) is 7.52. The summed E-state index contributed by atoms with van der Waals surface area (Å²) >= 11 is 0. The van der Waals surface area contributed by atoms with Crippen molar-refractivity contribution in [2.24, 2.45) is 0 Å². The molecular formula is C17H29N3O4. The van der Waals surface area contributed by atoms with E-state index in [-0.39, 0.29) is 37.1 Å². The van der Waals surface area contributed by atoms with E-state index in [2.05, 4.69) is 16.0 Å². The number of aliphatic hydroxyl groups is 1. The van der Waals surface area contributed by atoms with Crippen LogP contribution in [0.15, 0.2) is 12.2 Å². The summed E-state index contributed by atoms with van der Waals surface area (Å²) in [7, 11) is 0. The second kappa shape index (κ2) is 9.64. The van der Waals surface area contributed by atoms with Crippen LogP contribution in [-0.4, -0.2) is 54.5 Å². The summed E-state index contributed by atoms with van der Waals surface area (Å²) in [5.74, 6) is -0.0923. The van der Waals surface area contributed by atoms with Crippen LogP contribution in [0.25, 0.3) is 0 Å². The van der Waals surface area contributed by atoms with Crippen LogP contribution in [0.1, 0.15) is 45.4 Å². The Balaban J connectivity index is 1.83. The first-order valence-corrected chi connectivity index (χ1v) is 8.90. The molecule has 0 unspecified atom stereocenters. The molecule has 0 saturated heterocycles. The third-order valence-corrected chi connectivity index (χ3v) is 4.46. The van der Waals surface area contributed by atoms with Gasteiger partial charge in [-0.3, -0.25) is 4.79 Å². The van der Waals surface area contributed by atoms with Crippen molar-refractivity contribution in [3.05, 3.63) is 12.2 Å². The molecule has 7 heteroatoms. The molecule has 0 spiro atoms. The van der Waals surface area contributed by atoms with Crippen molar-refractivity contribution in [2.45, 2.75) is 69.7 Å². The van der Waals surface area contributed by atoms with E-state index in [1.165, 1.54) is 6.42 Å². The van der Waals surface area contributed by atoms with E-state index in [0.29, 0.717) is 6.54 Å². The maximum Gasteiger partial charge on any atom is 0.315 e. The molecule has 1 saturated carbocycles. The van der Waals surface area contributed by atoms with Crippen molar-refractivity contribution < 1.29 is 19.4 Å². The lowest BCUT2D eigenvalue weighted by atomic mass is 9.96. The molecule has 0 aromatic heterocycles. The maximum absolute atomic E-state index is 12.1. The Morgan fingerprint density at radius 1 is 1.17 bits per heavy atom. The Labute approximate surface area is 143 Å². The van der Waals surface area contributed by atoms with Gasteiger partial charge in [0, 0.05) is 12.6 Å². The Morgan fingerprint density at radius 3 is 2.58 bits per heavy atom. The number of aliphatic hydroxyl groups excluding tert-OH is 1. The SMILES string of the molecule is CCNC(=O)C[C@@H]1C=C[C@H](NC(=O)NC2CCCCC2)[C@@H](CO)O1. The fourth-order valence-electron chi connectivity index (χ4n) is 3.21. The molecule has 2 aliphatic rings. The molecule has 24 heavy (non-hydrogen) atoms. The smallest absolute Gasteiger partial charge is 0.315 e. The van der Waals surface area contributed by atoms with Crippen molar-refractivity contribution in [2.75, 3.05) is 13.2 Å². The van der Waals surface area contributed by atoms with Crippen LogP contribution >= 0.6 is 0 Å². The van der Waals surface area contributed by atoms with E-state index in [4.69, 9.17) is 4.74 Å². The predicted molar refractivity (Wildman–Crippen MR) is 90.5 cm³/mol. The minimum absolute atomic E-state index is 0.0923. The van der Waals surface area contributed by atoms with Crippen LogP contribution in [0.2, 0.25) is 0 Å². The minimum atomic E-state index is -0.550. The lowest BCUT2D eigenvalue weighted by molar-refractivity contribution is -0.125. The fourth-order valence-corrected chi connectivity index (χ4v) is 3.21. The monoisotopic (exact) mass is 339 g/mol. The van der Waals surface area contributed by atoms with Crippen LogP contribution in [0, 0.1) is 0 Å². The maximum atomic E-state index is 12.1. The average molecular weight is 339 g/mol. The van der Waals surface area contributed by atoms with Gasteiger partial charge < -0.3 is 25.8 Å². The zero-order valence-corrected chi connectivity index (χ0v) is 14.3. The molecule has 0 bridgehead atoms. The number of amides is 3. The van der Waals surface area contributed by atoms with Gasteiger partial charge in [-0.15, -0.1) is 0 Å². The summed E-state index contributed by atoms with van der Waals surface area (Å²) in [6.45, 7) is 2.21. The third-order valence-electron chi connectivity index (χ3n) is 4.46. The molecule has 3 atom stereocenters. The number of carbonyl (C=O) groups excluding carboxylic acids is 2. The third kappa shape index (κ3) is 5.79. The van der Waals surface area contributed by atoms with Gasteiger partial charge in [0.25, 0.3) is 0 Å². The van der Waals surface area contributed by atoms with Gasteiger partial charge in [-0.05, 0) is 19.8 Å². The highest BCUT2D eigenvalue weighted by atomic mass is 16.5. The molecule has 3 amide bonds. The summed E-state index contributed by atoms with van der Waals surface area (Å²) in [6.07, 6.45) is 8.42. The van der Waals surface area contributed by atoms with E-state index < -0.39 is 12.1 Å². The largest absolute Gasteiger partial charge is 0.394 e. The number of ether oxygens (including phenoxy) is 1. The van der Waals surface area contributed by atoms with Crippen molar-refractivity contribution >= 4 is 11.9 Å². The average Bonchev–Trinajstić information content (AvgIpc) is 2.57. The summed E-state index contributed by atoms with van der Waals surface area (Å²) in [5, 5.41) is 18.1. The van der Waals surface area contributed by atoms with Gasteiger partial charge in [0.05, 0.1) is 25.2 Å². The Hall–Kier alpha value is -1.60. The van der Waals surface area contributed by atoms with Gasteiger partial charge in [-0.1, -0.05) is 31.4 Å². The van der Waals surface area contributed by atoms with Gasteiger partial charge in [0.15, 0.2) is 0 Å². The zero-order chi connectivity index (χ0) is 17.4. The van der Waals surface area contributed by atoms with Crippen LogP contribution in [0.4, 0.5) is 4.79 Å². The molecule has 0 aromatic rings. The van der Waals surface area contributed by atoms with E-state index in [9.17, 15) is 14.7 Å². The number of hydrogen-bond donors (Lipinski definition) is 4. The predicted octanol–water partition coefficient (Wildman–Crippen LogP) is 0.829. The quantitative estimate of drug-likeness (QED) is 0.539. The van der Waals surface area contributed by atoms with E-state index in [1.807, 2.05) is 6.92 Å². The normalized spacial score (nSPS) is 27.5. The lowest BCUT2D eigenvalue weighted by Crippen LogP contribution is -2.53. The van der Waals surface area contributed by atoms with Crippen molar-refractivity contribution in [1.29, 1.82) is 0 Å². The van der Waals surface area contributed by atoms with Gasteiger partial charge in [0.2, 0.25) is 5.91 Å². The molecule has 136 valence electrons. The van der Waals surface area contributed by atoms with Crippen LogP contribution in [0.5, 0.6) is 0 Å². The summed E-state index contributed by atoms with van der Waals surface area (Å²) in [4.78, 5) is 23.7. The number of urea groups is 1. The summed E-state index contributed by atoms with van der Waals surface area (Å²) < 4.78 is 5.72.